The average Bonchev–Trinajstić information content (AvgIpc) is 3.22. The summed E-state index contributed by atoms with van der Waals surface area (Å²) in [5, 5.41) is 6.99. The quantitative estimate of drug-likeness (QED) is 0.436. The van der Waals surface area contributed by atoms with Crippen LogP contribution in [0, 0.1) is 5.82 Å². The van der Waals surface area contributed by atoms with Crippen LogP contribution in [-0.2, 0) is 11.3 Å². The largest absolute Gasteiger partial charge is 0.453 e. The number of nitrogens with one attached hydrogen (secondary N) is 1. The van der Waals surface area contributed by atoms with Gasteiger partial charge in [-0.1, -0.05) is 36.4 Å². The van der Waals surface area contributed by atoms with Gasteiger partial charge in [-0.15, -0.1) is 0 Å². The topological polar surface area (TPSA) is 69.0 Å². The molecule has 0 radical (unpaired) electrons. The Bertz CT molecular complexity index is 1190. The van der Waals surface area contributed by atoms with Crippen molar-refractivity contribution < 1.29 is 13.9 Å². The molecule has 0 bridgehead atoms. The molecular formula is C24H19FN4O2. The molecule has 0 aliphatic heterocycles. The SMILES string of the molecule is O=C(/C=C/c1ccc(Oc2cccnc2)c(F)c1)Nc1cnn(Cc2ccccc2)c1. The van der Waals surface area contributed by atoms with Crippen molar-refractivity contribution in [2.24, 2.45) is 0 Å². The van der Waals surface area contributed by atoms with Crippen molar-refractivity contribution in [3.8, 4) is 11.5 Å². The van der Waals surface area contributed by atoms with Gasteiger partial charge in [0.25, 0.3) is 0 Å². The molecule has 2 aromatic heterocycles. The van der Waals surface area contributed by atoms with Crippen LogP contribution in [0.3, 0.4) is 0 Å². The van der Waals surface area contributed by atoms with Gasteiger partial charge in [0, 0.05) is 18.5 Å². The number of carbonyl (C=O) groups is 1. The van der Waals surface area contributed by atoms with Gasteiger partial charge in [-0.2, -0.15) is 5.10 Å². The van der Waals surface area contributed by atoms with E-state index in [2.05, 4.69) is 15.4 Å². The van der Waals surface area contributed by atoms with E-state index < -0.39 is 5.82 Å². The lowest BCUT2D eigenvalue weighted by molar-refractivity contribution is -0.111. The Hall–Kier alpha value is -4.26. The molecule has 2 heterocycles. The van der Waals surface area contributed by atoms with Gasteiger partial charge >= 0.3 is 0 Å². The Labute approximate surface area is 178 Å². The molecule has 0 saturated carbocycles. The monoisotopic (exact) mass is 414 g/mol. The Morgan fingerprint density at radius 3 is 2.74 bits per heavy atom. The number of benzene rings is 2. The lowest BCUT2D eigenvalue weighted by Gasteiger charge is -2.06. The molecule has 1 N–H and O–H groups in total. The molecule has 0 unspecified atom stereocenters. The minimum Gasteiger partial charge on any atom is -0.453 e. The van der Waals surface area contributed by atoms with E-state index in [9.17, 15) is 9.18 Å². The van der Waals surface area contributed by atoms with Crippen LogP contribution < -0.4 is 10.1 Å². The molecule has 31 heavy (non-hydrogen) atoms. The summed E-state index contributed by atoms with van der Waals surface area (Å²) in [6, 6.07) is 17.8. The molecule has 154 valence electrons. The summed E-state index contributed by atoms with van der Waals surface area (Å²) in [5.41, 5.74) is 2.23. The van der Waals surface area contributed by atoms with Crippen molar-refractivity contribution in [3.05, 3.63) is 108 Å². The van der Waals surface area contributed by atoms with Crippen LogP contribution in [0.1, 0.15) is 11.1 Å². The molecule has 6 nitrogen and oxygen atoms in total. The number of aromatic nitrogens is 3. The van der Waals surface area contributed by atoms with Gasteiger partial charge < -0.3 is 10.1 Å². The fraction of sp³-hybridized carbons (Fsp3) is 0.0417. The van der Waals surface area contributed by atoms with E-state index in [1.165, 1.54) is 30.5 Å². The van der Waals surface area contributed by atoms with E-state index in [0.717, 1.165) is 5.56 Å². The molecule has 4 rings (SSSR count). The molecule has 0 aliphatic carbocycles. The summed E-state index contributed by atoms with van der Waals surface area (Å²) in [6.45, 7) is 0.610. The smallest absolute Gasteiger partial charge is 0.248 e. The molecule has 4 aromatic rings. The molecule has 7 heteroatoms. The predicted octanol–water partition coefficient (Wildman–Crippen LogP) is 4.91. The highest BCUT2D eigenvalue weighted by molar-refractivity contribution is 6.01. The van der Waals surface area contributed by atoms with Crippen molar-refractivity contribution in [1.82, 2.24) is 14.8 Å². The first-order valence-electron chi connectivity index (χ1n) is 9.58. The first kappa shape index (κ1) is 20.0. The number of rotatable bonds is 7. The average molecular weight is 414 g/mol. The highest BCUT2D eigenvalue weighted by atomic mass is 19.1. The number of hydrogen-bond acceptors (Lipinski definition) is 4. The third-order valence-electron chi connectivity index (χ3n) is 4.33. The van der Waals surface area contributed by atoms with Crippen molar-refractivity contribution in [2.45, 2.75) is 6.54 Å². The van der Waals surface area contributed by atoms with Crippen molar-refractivity contribution in [1.29, 1.82) is 0 Å². The minimum atomic E-state index is -0.534. The van der Waals surface area contributed by atoms with Crippen LogP contribution >= 0.6 is 0 Å². The van der Waals surface area contributed by atoms with Crippen LogP contribution in [0.5, 0.6) is 11.5 Å². The normalized spacial score (nSPS) is 10.9. The maximum absolute atomic E-state index is 14.3. The fourth-order valence-corrected chi connectivity index (χ4v) is 2.88. The molecule has 0 saturated heterocycles. The van der Waals surface area contributed by atoms with Gasteiger partial charge in [-0.3, -0.25) is 14.5 Å². The van der Waals surface area contributed by atoms with E-state index in [0.29, 0.717) is 23.5 Å². The predicted molar refractivity (Wildman–Crippen MR) is 116 cm³/mol. The number of anilines is 1. The zero-order valence-electron chi connectivity index (χ0n) is 16.5. The summed E-state index contributed by atoms with van der Waals surface area (Å²) in [5.74, 6) is -0.346. The number of hydrogen-bond donors (Lipinski definition) is 1. The number of pyridine rings is 1. The van der Waals surface area contributed by atoms with Crippen LogP contribution in [0.4, 0.5) is 10.1 Å². The number of halogens is 1. The standard InChI is InChI=1S/C24H19FN4O2/c25-22-13-18(8-10-23(22)31-21-7-4-12-26-15-21)9-11-24(30)28-20-14-27-29(17-20)16-19-5-2-1-3-6-19/h1-15,17H,16H2,(H,28,30)/b11-9+. The van der Waals surface area contributed by atoms with Crippen LogP contribution in [0.2, 0.25) is 0 Å². The zero-order valence-corrected chi connectivity index (χ0v) is 16.5. The third kappa shape index (κ3) is 5.63. The Morgan fingerprint density at radius 1 is 1.10 bits per heavy atom. The zero-order chi connectivity index (χ0) is 21.5. The minimum absolute atomic E-state index is 0.0837. The Morgan fingerprint density at radius 2 is 1.97 bits per heavy atom. The summed E-state index contributed by atoms with van der Waals surface area (Å²) in [7, 11) is 0. The fourth-order valence-electron chi connectivity index (χ4n) is 2.88. The van der Waals surface area contributed by atoms with Gasteiger partial charge in [-0.05, 0) is 41.5 Å². The van der Waals surface area contributed by atoms with E-state index in [1.54, 1.807) is 41.5 Å². The second kappa shape index (κ2) is 9.49. The van der Waals surface area contributed by atoms with E-state index >= 15 is 0 Å². The van der Waals surface area contributed by atoms with Crippen molar-refractivity contribution in [3.63, 3.8) is 0 Å². The molecule has 1 amide bonds. The van der Waals surface area contributed by atoms with Crippen LogP contribution in [0.15, 0.2) is 91.5 Å². The lowest BCUT2D eigenvalue weighted by atomic mass is 10.2. The summed E-state index contributed by atoms with van der Waals surface area (Å²) >= 11 is 0. The first-order chi connectivity index (χ1) is 15.2. The maximum Gasteiger partial charge on any atom is 0.248 e. The summed E-state index contributed by atoms with van der Waals surface area (Å²) in [6.07, 6.45) is 9.31. The molecule has 2 aromatic carbocycles. The molecule has 0 spiro atoms. The van der Waals surface area contributed by atoms with Gasteiger partial charge in [0.1, 0.15) is 5.75 Å². The number of carbonyl (C=O) groups excluding carboxylic acids is 1. The van der Waals surface area contributed by atoms with Gasteiger partial charge in [-0.25, -0.2) is 4.39 Å². The number of nitrogens with zero attached hydrogens (tertiary/aromatic N) is 3. The highest BCUT2D eigenvalue weighted by Gasteiger charge is 2.06. The first-order valence-corrected chi connectivity index (χ1v) is 9.58. The number of amides is 1. The Kier molecular flexibility index (Phi) is 6.13. The van der Waals surface area contributed by atoms with Gasteiger partial charge in [0.15, 0.2) is 11.6 Å². The third-order valence-corrected chi connectivity index (χ3v) is 4.33. The second-order valence-electron chi connectivity index (χ2n) is 6.72. The van der Waals surface area contributed by atoms with Gasteiger partial charge in [0.2, 0.25) is 5.91 Å². The molecule has 0 aliphatic rings. The maximum atomic E-state index is 14.3. The molecular weight excluding hydrogens is 395 g/mol. The van der Waals surface area contributed by atoms with Crippen molar-refractivity contribution >= 4 is 17.7 Å². The van der Waals surface area contributed by atoms with Gasteiger partial charge in [0.05, 0.1) is 24.6 Å². The molecule has 0 atom stereocenters. The number of ether oxygens (including phenoxy) is 1. The van der Waals surface area contributed by atoms with Crippen LogP contribution in [-0.4, -0.2) is 20.7 Å². The van der Waals surface area contributed by atoms with E-state index in [-0.39, 0.29) is 11.7 Å². The lowest BCUT2D eigenvalue weighted by Crippen LogP contribution is -2.07. The van der Waals surface area contributed by atoms with E-state index in [1.807, 2.05) is 30.3 Å². The Balaban J connectivity index is 1.34. The summed E-state index contributed by atoms with van der Waals surface area (Å²) < 4.78 is 21.5. The van der Waals surface area contributed by atoms with E-state index in [4.69, 9.17) is 4.74 Å². The second-order valence-corrected chi connectivity index (χ2v) is 6.72. The summed E-state index contributed by atoms with van der Waals surface area (Å²) in [4.78, 5) is 16.1. The molecule has 0 fully saturated rings. The highest BCUT2D eigenvalue weighted by Crippen LogP contribution is 2.24. The van der Waals surface area contributed by atoms with Crippen molar-refractivity contribution in [2.75, 3.05) is 5.32 Å². The van der Waals surface area contributed by atoms with Crippen LogP contribution in [0.25, 0.3) is 6.08 Å².